The molecule has 4 aromatic carbocycles. The van der Waals surface area contributed by atoms with E-state index in [1.165, 1.54) is 0 Å². The Labute approximate surface area is 575 Å². The van der Waals surface area contributed by atoms with E-state index in [1.54, 1.807) is 0 Å². The van der Waals surface area contributed by atoms with Crippen LogP contribution in [0, 0.1) is 23.7 Å². The first-order chi connectivity index (χ1) is 43.9. The van der Waals surface area contributed by atoms with E-state index in [9.17, 15) is 58.8 Å². The van der Waals surface area contributed by atoms with Crippen molar-refractivity contribution in [2.24, 2.45) is 43.6 Å². The van der Waals surface area contributed by atoms with Gasteiger partial charge in [0.15, 0.2) is 24.2 Å². The molecule has 4 aromatic rings. The van der Waals surface area contributed by atoms with Crippen LogP contribution in [-0.2, 0) is 122 Å². The van der Waals surface area contributed by atoms with Gasteiger partial charge in [-0.3, -0.25) is 38.8 Å². The van der Waals surface area contributed by atoms with Gasteiger partial charge in [0, 0.05) is 64.6 Å². The molecule has 0 spiro atoms. The Morgan fingerprint density at radius 1 is 0.340 bits per heavy atom. The van der Waals surface area contributed by atoms with Crippen molar-refractivity contribution in [2.45, 2.75) is 131 Å². The minimum atomic E-state index is -0.838. The van der Waals surface area contributed by atoms with Crippen LogP contribution in [0.15, 0.2) is 141 Å². The molecule has 0 saturated heterocycles. The van der Waals surface area contributed by atoms with Gasteiger partial charge in [0.25, 0.3) is 24.1 Å². The van der Waals surface area contributed by atoms with Crippen molar-refractivity contribution in [3.8, 4) is 0 Å². The number of hydrogen-bond donors (Lipinski definition) is 4. The molecule has 0 bridgehead atoms. The summed E-state index contributed by atoms with van der Waals surface area (Å²) in [5, 5.41) is 39.2. The van der Waals surface area contributed by atoms with E-state index in [0.29, 0.717) is 52.1 Å². The molecule has 8 rings (SSSR count). The molecule has 0 aromatic heterocycles. The Hall–Kier alpha value is -8.23. The Bertz CT molecular complexity index is 2770. The van der Waals surface area contributed by atoms with Crippen molar-refractivity contribution >= 4 is 71.6 Å². The molecule has 94 heavy (non-hydrogen) atoms. The zero-order valence-corrected chi connectivity index (χ0v) is 57.7. The molecule has 0 fully saturated rings. The summed E-state index contributed by atoms with van der Waals surface area (Å²) >= 11 is 0. The maximum Gasteiger partial charge on any atom is 0.332 e. The van der Waals surface area contributed by atoms with Gasteiger partial charge >= 0.3 is 23.9 Å². The number of benzene rings is 4. The number of amidine groups is 4. The van der Waals surface area contributed by atoms with Gasteiger partial charge < -0.3 is 39.4 Å². The Balaban J connectivity index is 0.000000325. The number of rotatable bonds is 24. The zero-order chi connectivity index (χ0) is 67.3. The summed E-state index contributed by atoms with van der Waals surface area (Å²) < 4.78 is 20.4. The first-order valence-corrected chi connectivity index (χ1v) is 31.0. The summed E-state index contributed by atoms with van der Waals surface area (Å²) in [5.41, 5.74) is 4.18. The number of aliphatic hydroxyl groups is 4. The van der Waals surface area contributed by atoms with Crippen LogP contribution < -0.4 is 0 Å². The fourth-order valence-electron chi connectivity index (χ4n) is 8.88. The van der Waals surface area contributed by atoms with Crippen LogP contribution in [0.4, 0.5) is 0 Å². The summed E-state index contributed by atoms with van der Waals surface area (Å²) in [7, 11) is 0. The minimum Gasteiger partial charge on any atom is -0.480 e. The van der Waals surface area contributed by atoms with Crippen molar-refractivity contribution in [3.63, 3.8) is 0 Å². The van der Waals surface area contributed by atoms with E-state index in [2.05, 4.69) is 20.0 Å². The van der Waals surface area contributed by atoms with Gasteiger partial charge in [0.2, 0.25) is 23.6 Å². The normalized spacial score (nSPS) is 16.9. The fourth-order valence-corrected chi connectivity index (χ4v) is 8.88. The fraction of sp³-hybridized carbons (Fsp3) is 0.471. The third kappa shape index (κ3) is 27.8. The standard InChI is InChI=1S/4C17H22N2O4.2Rh/c4*1-12(2)11-23-16(21)14-10-19(17(22)18-14)15(20)9-8-13-6-4-3-5-7-13;;/h4*3-7,12,14H,8-11H2,1-2H3,(H,18,22);;/t4*14-;;/m0000../s1. The Morgan fingerprint density at radius 3 is 0.670 bits per heavy atom. The largest absolute Gasteiger partial charge is 0.480 e. The molecule has 4 aliphatic rings. The van der Waals surface area contributed by atoms with Gasteiger partial charge in [-0.1, -0.05) is 177 Å². The summed E-state index contributed by atoms with van der Waals surface area (Å²) in [5.74, 6) is -2.17. The maximum absolute atomic E-state index is 12.2. The van der Waals surface area contributed by atoms with E-state index in [-0.39, 0.29) is 138 Å². The third-order valence-corrected chi connectivity index (χ3v) is 13.9. The average molecular weight is 1480 g/mol. The SMILES string of the molecule is CC(C)COC(=O)[C@@H]1CN(C(=O)CCc2ccccc2)C(O)=N1.CC(C)COC(=O)[C@@H]1CN(C(=O)CCc2ccccc2)C(O)=N1.CC(C)COC(=O)[C@@H]1CN(C(=O)CCc2ccccc2)C(O)=N1.CC(C)COC(=O)[C@@H]1CN(C(=O)CCc2ccccc2)C(O)=N1.[Rh].[Rh]. The molecule has 4 heterocycles. The van der Waals surface area contributed by atoms with E-state index >= 15 is 0 Å². The van der Waals surface area contributed by atoms with Crippen LogP contribution in [0.2, 0.25) is 0 Å². The number of esters is 4. The number of ether oxygens (including phenoxy) is 4. The molecule has 2 radical (unpaired) electrons. The maximum atomic E-state index is 12.2. The van der Waals surface area contributed by atoms with Crippen LogP contribution in [0.1, 0.15) is 103 Å². The third-order valence-electron chi connectivity index (χ3n) is 13.9. The summed E-state index contributed by atoms with van der Waals surface area (Å²) in [6, 6.07) is 33.5. The first kappa shape index (κ1) is 80.0. The quantitative estimate of drug-likeness (QED) is 0.0296. The number of aliphatic hydroxyl groups excluding tert-OH is 4. The number of aliphatic imine (C=N–C) groups is 4. The Kier molecular flexibility index (Phi) is 35.3. The van der Waals surface area contributed by atoms with Gasteiger partial charge in [-0.15, -0.1) is 0 Å². The summed E-state index contributed by atoms with van der Waals surface area (Å²) in [6.07, 6.45) is 3.29. The number of carbonyl (C=O) groups is 8. The van der Waals surface area contributed by atoms with Gasteiger partial charge in [-0.2, -0.15) is 0 Å². The number of carbonyl (C=O) groups excluding carboxylic acids is 8. The van der Waals surface area contributed by atoms with Crippen molar-refractivity contribution in [3.05, 3.63) is 144 Å². The van der Waals surface area contributed by atoms with Crippen LogP contribution in [0.3, 0.4) is 0 Å². The number of nitrogens with zero attached hydrogens (tertiary/aromatic N) is 8. The van der Waals surface area contributed by atoms with Gasteiger partial charge in [0.1, 0.15) is 0 Å². The molecule has 0 saturated carbocycles. The summed E-state index contributed by atoms with van der Waals surface area (Å²) in [4.78, 5) is 116. The van der Waals surface area contributed by atoms with Crippen LogP contribution in [-0.4, -0.2) is 188 Å². The second-order valence-electron chi connectivity index (χ2n) is 23.8. The molecule has 0 unspecified atom stereocenters. The van der Waals surface area contributed by atoms with Gasteiger partial charge in [0.05, 0.1) is 52.6 Å². The second kappa shape index (κ2) is 41.5. The van der Waals surface area contributed by atoms with Gasteiger partial charge in [-0.25, -0.2) is 39.1 Å². The first-order valence-electron chi connectivity index (χ1n) is 31.0. The molecule has 24 nitrogen and oxygen atoms in total. The van der Waals surface area contributed by atoms with Crippen molar-refractivity contribution in [1.29, 1.82) is 0 Å². The van der Waals surface area contributed by atoms with E-state index < -0.39 is 72.1 Å². The van der Waals surface area contributed by atoms with Crippen molar-refractivity contribution in [1.82, 2.24) is 19.6 Å². The number of aryl methyl sites for hydroxylation is 4. The molecule has 4 atom stereocenters. The van der Waals surface area contributed by atoms with Crippen LogP contribution in [0.25, 0.3) is 0 Å². The predicted octanol–water partition coefficient (Wildman–Crippen LogP) is 7.77. The van der Waals surface area contributed by atoms with E-state index in [1.807, 2.05) is 177 Å². The average Bonchev–Trinajstić information content (AvgIpc) is 1.74. The predicted molar refractivity (Wildman–Crippen MR) is 344 cm³/mol. The Morgan fingerprint density at radius 2 is 0.511 bits per heavy atom. The number of hydrogen-bond acceptors (Lipinski definition) is 16. The zero-order valence-electron chi connectivity index (χ0n) is 54.4. The summed E-state index contributed by atoms with van der Waals surface area (Å²) in [6.45, 7) is 16.8. The second-order valence-corrected chi connectivity index (χ2v) is 23.8. The van der Waals surface area contributed by atoms with Gasteiger partial charge in [-0.05, 0) is 71.6 Å². The topological polar surface area (TPSA) is 317 Å². The molecule has 4 aliphatic heterocycles. The van der Waals surface area contributed by atoms with E-state index in [0.717, 1.165) is 41.9 Å². The molecule has 4 N–H and O–H groups in total. The minimum absolute atomic E-state index is 0. The van der Waals surface area contributed by atoms with Crippen LogP contribution in [0.5, 0.6) is 0 Å². The molecular formula is C68H88N8O16Rh2. The smallest absolute Gasteiger partial charge is 0.332 e. The van der Waals surface area contributed by atoms with Crippen molar-refractivity contribution < 1.29 is 117 Å². The molecule has 0 aliphatic carbocycles. The molecule has 4 amide bonds. The molecular weight excluding hydrogens is 1390 g/mol. The van der Waals surface area contributed by atoms with Crippen LogP contribution >= 0.6 is 0 Å². The van der Waals surface area contributed by atoms with Crippen molar-refractivity contribution in [2.75, 3.05) is 52.6 Å². The molecule has 514 valence electrons. The number of amides is 4. The van der Waals surface area contributed by atoms with E-state index in [4.69, 9.17) is 18.9 Å². The molecule has 26 heteroatoms. The monoisotopic (exact) mass is 1480 g/mol.